The van der Waals surface area contributed by atoms with Gasteiger partial charge in [0.25, 0.3) is 0 Å². The first-order chi connectivity index (χ1) is 22.1. The molecule has 12 nitrogen and oxygen atoms in total. The zero-order valence-electron chi connectivity index (χ0n) is 24.8. The Morgan fingerprint density at radius 2 is 1.85 bits per heavy atom. The molecule has 2 unspecified atom stereocenters. The molecule has 0 aliphatic carbocycles. The molecule has 2 aromatic heterocycles. The van der Waals surface area contributed by atoms with Gasteiger partial charge in [0, 0.05) is 49.2 Å². The number of nitrogens with one attached hydrogen (secondary N) is 2. The van der Waals surface area contributed by atoms with Gasteiger partial charge in [-0.25, -0.2) is 28.5 Å². The fraction of sp³-hybridized carbons (Fsp3) is 0.310. The first-order valence-corrected chi connectivity index (χ1v) is 15.4. The molecule has 47 heavy (non-hydrogen) atoms. The summed E-state index contributed by atoms with van der Waals surface area (Å²) in [4.78, 5) is 25.3. The van der Waals surface area contributed by atoms with Crippen molar-refractivity contribution in [2.75, 3.05) is 36.7 Å². The minimum absolute atomic E-state index is 0.00893. The summed E-state index contributed by atoms with van der Waals surface area (Å²) in [7, 11) is -4.10. The third-order valence-corrected chi connectivity index (χ3v) is 8.66. The predicted molar refractivity (Wildman–Crippen MR) is 162 cm³/mol. The molecule has 4 aromatic rings. The average molecular weight is 682 g/mol. The van der Waals surface area contributed by atoms with Gasteiger partial charge in [0.15, 0.2) is 0 Å². The predicted octanol–water partition coefficient (Wildman–Crippen LogP) is 5.58. The Bertz CT molecular complexity index is 1910. The molecule has 0 spiro atoms. The highest BCUT2D eigenvalue weighted by Crippen LogP contribution is 2.40. The fourth-order valence-electron chi connectivity index (χ4n) is 5.07. The van der Waals surface area contributed by atoms with Crippen molar-refractivity contribution in [2.45, 2.75) is 31.7 Å². The van der Waals surface area contributed by atoms with Crippen LogP contribution in [0.1, 0.15) is 12.0 Å². The molecule has 0 saturated carbocycles. The van der Waals surface area contributed by atoms with E-state index in [4.69, 9.17) is 4.74 Å². The van der Waals surface area contributed by atoms with Gasteiger partial charge in [-0.3, -0.25) is 4.72 Å². The lowest BCUT2D eigenvalue weighted by Crippen LogP contribution is -2.49. The number of amides is 1. The lowest BCUT2D eigenvalue weighted by atomic mass is 10.0. The minimum atomic E-state index is -4.82. The zero-order valence-corrected chi connectivity index (χ0v) is 25.6. The Morgan fingerprint density at radius 1 is 1.11 bits per heavy atom. The lowest BCUT2D eigenvalue weighted by Gasteiger charge is -2.33. The number of carboxylic acid groups (broad SMARTS) is 1. The number of rotatable bonds is 9. The summed E-state index contributed by atoms with van der Waals surface area (Å²) in [6, 6.07) is 9.45. The van der Waals surface area contributed by atoms with Crippen molar-refractivity contribution in [3.8, 4) is 22.9 Å². The van der Waals surface area contributed by atoms with E-state index in [1.165, 1.54) is 30.6 Å². The molecule has 2 atom stereocenters. The smallest absolute Gasteiger partial charge is 0.407 e. The number of anilines is 2. The molecule has 18 heteroatoms. The SMILES string of the molecule is Cc1ccc2c(NS(=O)(=O)N(C)CC(F)(F)F)c(F)ccc2c1Oc1ncccc1-c1ccnc(NC2CC(F)CN(C(=O)O)C2)n1. The number of aryl methyl sites for hydroxylation is 1. The Labute approximate surface area is 265 Å². The number of carbonyl (C=O) groups is 1. The van der Waals surface area contributed by atoms with Crippen LogP contribution in [0, 0.1) is 12.7 Å². The van der Waals surface area contributed by atoms with Crippen LogP contribution in [-0.4, -0.2) is 88.8 Å². The minimum Gasteiger partial charge on any atom is -0.465 e. The van der Waals surface area contributed by atoms with E-state index < -0.39 is 52.7 Å². The van der Waals surface area contributed by atoms with Crippen molar-refractivity contribution >= 4 is 38.7 Å². The molecule has 1 amide bonds. The average Bonchev–Trinajstić information content (AvgIpc) is 2.99. The number of hydrogen-bond acceptors (Lipinski definition) is 8. The summed E-state index contributed by atoms with van der Waals surface area (Å²) in [5.41, 5.74) is 0.673. The van der Waals surface area contributed by atoms with Gasteiger partial charge in [0.1, 0.15) is 24.3 Å². The number of hydrogen-bond donors (Lipinski definition) is 3. The summed E-state index contributed by atoms with van der Waals surface area (Å²) in [6.45, 7) is -0.310. The van der Waals surface area contributed by atoms with Gasteiger partial charge in [-0.15, -0.1) is 0 Å². The van der Waals surface area contributed by atoms with Gasteiger partial charge in [-0.05, 0) is 42.8 Å². The van der Waals surface area contributed by atoms with Crippen molar-refractivity contribution in [1.29, 1.82) is 0 Å². The van der Waals surface area contributed by atoms with Crippen molar-refractivity contribution in [1.82, 2.24) is 24.2 Å². The van der Waals surface area contributed by atoms with Crippen molar-refractivity contribution < 1.29 is 45.0 Å². The highest BCUT2D eigenvalue weighted by atomic mass is 32.2. The molecule has 1 saturated heterocycles. The number of aromatic nitrogens is 3. The summed E-state index contributed by atoms with van der Waals surface area (Å²) in [6.07, 6.45) is -4.50. The number of likely N-dealkylation sites (tertiary alicyclic amines) is 1. The highest BCUT2D eigenvalue weighted by molar-refractivity contribution is 7.90. The fourth-order valence-corrected chi connectivity index (χ4v) is 6.00. The van der Waals surface area contributed by atoms with Crippen LogP contribution in [0.4, 0.5) is 38.4 Å². The van der Waals surface area contributed by atoms with Gasteiger partial charge in [0.2, 0.25) is 11.8 Å². The van der Waals surface area contributed by atoms with Crippen molar-refractivity contribution in [3.63, 3.8) is 0 Å². The van der Waals surface area contributed by atoms with Crippen LogP contribution >= 0.6 is 0 Å². The molecule has 3 N–H and O–H groups in total. The molecule has 3 heterocycles. The Kier molecular flexibility index (Phi) is 9.35. The van der Waals surface area contributed by atoms with Crippen LogP contribution in [0.3, 0.4) is 0 Å². The highest BCUT2D eigenvalue weighted by Gasteiger charge is 2.35. The first-order valence-electron chi connectivity index (χ1n) is 14.0. The number of halogens is 5. The summed E-state index contributed by atoms with van der Waals surface area (Å²) >= 11 is 0. The number of nitrogens with zero attached hydrogens (tertiary/aromatic N) is 5. The number of ether oxygens (including phenoxy) is 1. The van der Waals surface area contributed by atoms with E-state index in [9.17, 15) is 40.3 Å². The third kappa shape index (κ3) is 7.76. The van der Waals surface area contributed by atoms with Crippen LogP contribution in [-0.2, 0) is 10.2 Å². The second kappa shape index (κ2) is 13.1. The normalized spacial score (nSPS) is 17.1. The maximum atomic E-state index is 15.0. The molecule has 1 fully saturated rings. The van der Waals surface area contributed by atoms with Gasteiger partial charge in [-0.1, -0.05) is 12.1 Å². The molecule has 1 aliphatic heterocycles. The van der Waals surface area contributed by atoms with Crippen molar-refractivity contribution in [2.24, 2.45) is 0 Å². The second-order valence-electron chi connectivity index (χ2n) is 10.8. The Hall–Kier alpha value is -4.84. The van der Waals surface area contributed by atoms with Gasteiger partial charge in [0.05, 0.1) is 23.5 Å². The van der Waals surface area contributed by atoms with E-state index >= 15 is 0 Å². The van der Waals surface area contributed by atoms with Gasteiger partial charge >= 0.3 is 22.5 Å². The molecule has 0 bridgehead atoms. The van der Waals surface area contributed by atoms with Crippen LogP contribution in [0.15, 0.2) is 54.9 Å². The Morgan fingerprint density at radius 3 is 2.57 bits per heavy atom. The number of benzene rings is 2. The standard InChI is InChI=1S/C29H28F5N7O5S/c1-16-5-6-19-20(7-8-22(31)24(19)39-47(44,45)40(2)15-29(32,33)34)25(16)46-26-21(4-3-10-35-26)23-9-11-36-27(38-23)37-18-12-17(30)13-41(14-18)28(42)43/h3-11,17-18,39H,12-15H2,1-2H3,(H,42,43)(H,36,37,38). The summed E-state index contributed by atoms with van der Waals surface area (Å²) in [5, 5.41) is 12.5. The van der Waals surface area contributed by atoms with E-state index in [1.807, 2.05) is 4.72 Å². The molecule has 2 aromatic carbocycles. The molecule has 1 aliphatic rings. The van der Waals surface area contributed by atoms with E-state index in [1.54, 1.807) is 25.1 Å². The van der Waals surface area contributed by atoms with Crippen molar-refractivity contribution in [3.05, 3.63) is 66.2 Å². The van der Waals surface area contributed by atoms with E-state index in [2.05, 4.69) is 20.3 Å². The largest absolute Gasteiger partial charge is 0.465 e. The second-order valence-corrected chi connectivity index (χ2v) is 12.6. The molecule has 5 rings (SSSR count). The summed E-state index contributed by atoms with van der Waals surface area (Å²) in [5.74, 6) is -0.725. The number of alkyl halides is 4. The van der Waals surface area contributed by atoms with Gasteiger partial charge < -0.3 is 20.1 Å². The van der Waals surface area contributed by atoms with E-state index in [0.717, 1.165) is 11.0 Å². The number of fused-ring (bicyclic) bond motifs is 1. The van der Waals surface area contributed by atoms with Crippen LogP contribution < -0.4 is 14.8 Å². The quantitative estimate of drug-likeness (QED) is 0.192. The molecular formula is C29H28F5N7O5S. The van der Waals surface area contributed by atoms with Crippen LogP contribution in [0.5, 0.6) is 11.6 Å². The van der Waals surface area contributed by atoms with Crippen LogP contribution in [0.25, 0.3) is 22.0 Å². The topological polar surface area (TPSA) is 150 Å². The lowest BCUT2D eigenvalue weighted by molar-refractivity contribution is -0.134. The van der Waals surface area contributed by atoms with E-state index in [0.29, 0.717) is 23.9 Å². The maximum absolute atomic E-state index is 15.0. The third-order valence-electron chi connectivity index (χ3n) is 7.25. The van der Waals surface area contributed by atoms with Gasteiger partial charge in [-0.2, -0.15) is 25.9 Å². The maximum Gasteiger partial charge on any atom is 0.407 e. The van der Waals surface area contributed by atoms with Crippen LogP contribution in [0.2, 0.25) is 0 Å². The summed E-state index contributed by atoms with van der Waals surface area (Å²) < 4.78 is 101. The number of piperidine rings is 1. The number of pyridine rings is 1. The monoisotopic (exact) mass is 681 g/mol. The molecular weight excluding hydrogens is 653 g/mol. The molecule has 250 valence electrons. The first kappa shape index (κ1) is 33.5. The zero-order chi connectivity index (χ0) is 34.1. The van der Waals surface area contributed by atoms with E-state index in [-0.39, 0.29) is 52.2 Å². The Balaban J connectivity index is 1.46. The molecule has 0 radical (unpaired) electrons.